The van der Waals surface area contributed by atoms with Crippen LogP contribution < -0.4 is 0 Å². The predicted octanol–water partition coefficient (Wildman–Crippen LogP) is 4.43. The van der Waals surface area contributed by atoms with E-state index in [9.17, 15) is 4.79 Å². The summed E-state index contributed by atoms with van der Waals surface area (Å²) in [6.45, 7) is 1.99. The van der Waals surface area contributed by atoms with Crippen molar-refractivity contribution in [2.45, 2.75) is 6.92 Å². The highest BCUT2D eigenvalue weighted by molar-refractivity contribution is 6.30. The third-order valence-electron chi connectivity index (χ3n) is 3.26. The molecule has 3 rings (SSSR count). The molecule has 0 spiro atoms. The van der Waals surface area contributed by atoms with Gasteiger partial charge in [0.1, 0.15) is 5.69 Å². The average molecular weight is 282 g/mol. The third kappa shape index (κ3) is 2.30. The van der Waals surface area contributed by atoms with Crippen LogP contribution in [0, 0.1) is 6.92 Å². The number of halogens is 1. The van der Waals surface area contributed by atoms with E-state index in [1.54, 1.807) is 30.3 Å². The topological polar surface area (TPSA) is 30.0 Å². The lowest BCUT2D eigenvalue weighted by molar-refractivity contribution is 0.103. The highest BCUT2D eigenvalue weighted by Gasteiger charge is 2.11. The van der Waals surface area contributed by atoms with E-state index in [0.717, 1.165) is 16.5 Å². The minimum absolute atomic E-state index is 0.0909. The van der Waals surface area contributed by atoms with Crippen molar-refractivity contribution in [3.63, 3.8) is 0 Å². The number of carbonyl (C=O) groups is 1. The molecule has 0 aliphatic heterocycles. The standard InChI is InChI=1S/C17H12ClNO/c1-11-3-2-4-12-7-10-15(19-16(11)12)17(20)13-5-8-14(18)9-6-13/h2-10H,1H3. The Bertz CT molecular complexity index is 794. The molecule has 98 valence electrons. The van der Waals surface area contributed by atoms with Crippen molar-refractivity contribution < 1.29 is 4.79 Å². The smallest absolute Gasteiger partial charge is 0.211 e. The molecule has 20 heavy (non-hydrogen) atoms. The molecule has 2 nitrogen and oxygen atoms in total. The molecule has 0 saturated carbocycles. The minimum atomic E-state index is -0.0909. The first-order chi connectivity index (χ1) is 9.65. The van der Waals surface area contributed by atoms with Crippen LogP contribution >= 0.6 is 11.6 Å². The summed E-state index contributed by atoms with van der Waals surface area (Å²) >= 11 is 5.83. The van der Waals surface area contributed by atoms with Crippen LogP contribution in [0.5, 0.6) is 0 Å². The van der Waals surface area contributed by atoms with Gasteiger partial charge in [-0.3, -0.25) is 4.79 Å². The minimum Gasteiger partial charge on any atom is -0.287 e. The molecule has 1 aromatic heterocycles. The second-order valence-electron chi connectivity index (χ2n) is 4.68. The number of aromatic nitrogens is 1. The van der Waals surface area contributed by atoms with E-state index in [4.69, 9.17) is 11.6 Å². The summed E-state index contributed by atoms with van der Waals surface area (Å²) in [6, 6.07) is 16.5. The number of hydrogen-bond donors (Lipinski definition) is 0. The zero-order chi connectivity index (χ0) is 14.1. The van der Waals surface area contributed by atoms with Gasteiger partial charge in [0.25, 0.3) is 0 Å². The molecule has 0 amide bonds. The van der Waals surface area contributed by atoms with Crippen molar-refractivity contribution in [2.24, 2.45) is 0 Å². The first kappa shape index (κ1) is 12.8. The largest absolute Gasteiger partial charge is 0.287 e. The normalized spacial score (nSPS) is 10.7. The number of nitrogens with zero attached hydrogens (tertiary/aromatic N) is 1. The molecule has 2 aromatic carbocycles. The molecule has 0 saturated heterocycles. The molecule has 0 aliphatic rings. The van der Waals surface area contributed by atoms with E-state index >= 15 is 0 Å². The van der Waals surface area contributed by atoms with Gasteiger partial charge in [-0.15, -0.1) is 0 Å². The Kier molecular flexibility index (Phi) is 3.25. The van der Waals surface area contributed by atoms with Crippen LogP contribution in [0.2, 0.25) is 5.02 Å². The second-order valence-corrected chi connectivity index (χ2v) is 5.12. The Morgan fingerprint density at radius 2 is 1.75 bits per heavy atom. The summed E-state index contributed by atoms with van der Waals surface area (Å²) in [6.07, 6.45) is 0. The summed E-state index contributed by atoms with van der Waals surface area (Å²) < 4.78 is 0. The summed E-state index contributed by atoms with van der Waals surface area (Å²) in [5, 5.41) is 1.65. The molecule has 0 unspecified atom stereocenters. The lowest BCUT2D eigenvalue weighted by Crippen LogP contribution is -2.04. The van der Waals surface area contributed by atoms with E-state index < -0.39 is 0 Å². The van der Waals surface area contributed by atoms with Crippen molar-refractivity contribution >= 4 is 28.3 Å². The van der Waals surface area contributed by atoms with Crippen molar-refractivity contribution in [3.05, 3.63) is 76.4 Å². The zero-order valence-electron chi connectivity index (χ0n) is 10.9. The maximum absolute atomic E-state index is 12.4. The predicted molar refractivity (Wildman–Crippen MR) is 81.4 cm³/mol. The number of carbonyl (C=O) groups excluding carboxylic acids is 1. The summed E-state index contributed by atoms with van der Waals surface area (Å²) in [7, 11) is 0. The number of pyridine rings is 1. The van der Waals surface area contributed by atoms with Gasteiger partial charge in [-0.25, -0.2) is 4.98 Å². The van der Waals surface area contributed by atoms with Gasteiger partial charge in [0, 0.05) is 16.0 Å². The van der Waals surface area contributed by atoms with Crippen molar-refractivity contribution in [2.75, 3.05) is 0 Å². The first-order valence-corrected chi connectivity index (χ1v) is 6.69. The van der Waals surface area contributed by atoms with Gasteiger partial charge in [0.15, 0.2) is 0 Å². The monoisotopic (exact) mass is 281 g/mol. The third-order valence-corrected chi connectivity index (χ3v) is 3.51. The lowest BCUT2D eigenvalue weighted by atomic mass is 10.1. The molecule has 0 aliphatic carbocycles. The number of hydrogen-bond acceptors (Lipinski definition) is 2. The first-order valence-electron chi connectivity index (χ1n) is 6.32. The number of para-hydroxylation sites is 1. The summed E-state index contributed by atoms with van der Waals surface area (Å²) in [5.41, 5.74) is 2.98. The summed E-state index contributed by atoms with van der Waals surface area (Å²) in [4.78, 5) is 16.9. The van der Waals surface area contributed by atoms with E-state index in [1.165, 1.54) is 0 Å². The van der Waals surface area contributed by atoms with Gasteiger partial charge in [-0.1, -0.05) is 35.9 Å². The van der Waals surface area contributed by atoms with E-state index in [0.29, 0.717) is 16.3 Å². The maximum Gasteiger partial charge on any atom is 0.211 e. The highest BCUT2D eigenvalue weighted by Crippen LogP contribution is 2.18. The Balaban J connectivity index is 2.08. The molecule has 0 fully saturated rings. The van der Waals surface area contributed by atoms with Crippen molar-refractivity contribution in [1.29, 1.82) is 0 Å². The van der Waals surface area contributed by atoms with Gasteiger partial charge in [0.05, 0.1) is 5.52 Å². The molecule has 0 N–H and O–H groups in total. The van der Waals surface area contributed by atoms with Gasteiger partial charge in [-0.2, -0.15) is 0 Å². The van der Waals surface area contributed by atoms with Gasteiger partial charge >= 0.3 is 0 Å². The number of rotatable bonds is 2. The molecule has 0 bridgehead atoms. The Labute approximate surface area is 122 Å². The number of aryl methyl sites for hydroxylation is 1. The van der Waals surface area contributed by atoms with Crippen LogP contribution in [-0.4, -0.2) is 10.8 Å². The fourth-order valence-electron chi connectivity index (χ4n) is 2.17. The Morgan fingerprint density at radius 1 is 1.00 bits per heavy atom. The molecule has 0 atom stereocenters. The maximum atomic E-state index is 12.4. The molecule has 3 heteroatoms. The molecule has 0 radical (unpaired) electrons. The van der Waals surface area contributed by atoms with Crippen LogP contribution in [0.4, 0.5) is 0 Å². The van der Waals surface area contributed by atoms with E-state index in [1.807, 2.05) is 31.2 Å². The Hall–Kier alpha value is -2.19. The van der Waals surface area contributed by atoms with Crippen molar-refractivity contribution in [1.82, 2.24) is 4.98 Å². The zero-order valence-corrected chi connectivity index (χ0v) is 11.7. The lowest BCUT2D eigenvalue weighted by Gasteiger charge is -2.05. The van der Waals surface area contributed by atoms with Crippen molar-refractivity contribution in [3.8, 4) is 0 Å². The SMILES string of the molecule is Cc1cccc2ccc(C(=O)c3ccc(Cl)cc3)nc12. The number of ketones is 1. The van der Waals surface area contributed by atoms with E-state index in [-0.39, 0.29) is 5.78 Å². The number of fused-ring (bicyclic) bond motifs is 1. The van der Waals surface area contributed by atoms with Crippen LogP contribution in [0.15, 0.2) is 54.6 Å². The molecule has 3 aromatic rings. The summed E-state index contributed by atoms with van der Waals surface area (Å²) in [5.74, 6) is -0.0909. The van der Waals surface area contributed by atoms with Crippen LogP contribution in [0.3, 0.4) is 0 Å². The molecule has 1 heterocycles. The quantitative estimate of drug-likeness (QED) is 0.651. The fourth-order valence-corrected chi connectivity index (χ4v) is 2.30. The van der Waals surface area contributed by atoms with Crippen LogP contribution in [0.1, 0.15) is 21.6 Å². The van der Waals surface area contributed by atoms with Crippen LogP contribution in [-0.2, 0) is 0 Å². The molecular weight excluding hydrogens is 270 g/mol. The highest BCUT2D eigenvalue weighted by atomic mass is 35.5. The Morgan fingerprint density at radius 3 is 2.50 bits per heavy atom. The molecular formula is C17H12ClNO. The van der Waals surface area contributed by atoms with E-state index in [2.05, 4.69) is 4.98 Å². The van der Waals surface area contributed by atoms with Gasteiger partial charge in [0.2, 0.25) is 5.78 Å². The number of benzene rings is 2. The van der Waals surface area contributed by atoms with Gasteiger partial charge < -0.3 is 0 Å². The average Bonchev–Trinajstić information content (AvgIpc) is 2.47. The fraction of sp³-hybridized carbons (Fsp3) is 0.0588. The van der Waals surface area contributed by atoms with Gasteiger partial charge in [-0.05, 0) is 42.8 Å². The van der Waals surface area contributed by atoms with Crippen LogP contribution in [0.25, 0.3) is 10.9 Å². The second kappa shape index (κ2) is 5.06.